The first-order valence-electron chi connectivity index (χ1n) is 6.14. The van der Waals surface area contributed by atoms with Crippen molar-refractivity contribution >= 4 is 11.8 Å². The predicted molar refractivity (Wildman–Crippen MR) is 67.5 cm³/mol. The van der Waals surface area contributed by atoms with Gasteiger partial charge in [-0.05, 0) is 19.4 Å². The lowest BCUT2D eigenvalue weighted by molar-refractivity contribution is -0.145. The van der Waals surface area contributed by atoms with E-state index in [1.165, 1.54) is 7.11 Å². The Morgan fingerprint density at radius 2 is 1.82 bits per heavy atom. The Kier molecular flexibility index (Phi) is 7.04. The van der Waals surface area contributed by atoms with Crippen LogP contribution in [-0.4, -0.2) is 25.4 Å². The summed E-state index contributed by atoms with van der Waals surface area (Å²) in [5.74, 6) is -0.436. The third kappa shape index (κ3) is 6.41. The molecule has 0 aliphatic heterocycles. The summed E-state index contributed by atoms with van der Waals surface area (Å²) in [6.07, 6.45) is 2.65. The highest BCUT2D eigenvalue weighted by molar-refractivity contribution is 5.89. The van der Waals surface area contributed by atoms with Crippen LogP contribution in [0.15, 0.2) is 0 Å². The van der Waals surface area contributed by atoms with Crippen molar-refractivity contribution < 1.29 is 14.3 Å². The molecule has 100 valence electrons. The zero-order valence-electron chi connectivity index (χ0n) is 11.4. The van der Waals surface area contributed by atoms with Crippen LogP contribution in [0.4, 0.5) is 0 Å². The van der Waals surface area contributed by atoms with E-state index in [2.05, 4.69) is 4.74 Å². The fourth-order valence-corrected chi connectivity index (χ4v) is 1.76. The third-order valence-electron chi connectivity index (χ3n) is 2.76. The van der Waals surface area contributed by atoms with Crippen molar-refractivity contribution in [3.8, 4) is 0 Å². The predicted octanol–water partition coefficient (Wildman–Crippen LogP) is 1.91. The number of carbonyl (C=O) groups excluding carboxylic acids is 2. The Morgan fingerprint density at radius 3 is 2.24 bits per heavy atom. The second-order valence-corrected chi connectivity index (χ2v) is 5.38. The summed E-state index contributed by atoms with van der Waals surface area (Å²) in [4.78, 5) is 23.5. The van der Waals surface area contributed by atoms with Crippen LogP contribution in [0.25, 0.3) is 0 Å². The molecule has 0 saturated heterocycles. The molecule has 0 bridgehead atoms. The fourth-order valence-electron chi connectivity index (χ4n) is 1.76. The van der Waals surface area contributed by atoms with E-state index in [0.29, 0.717) is 13.0 Å². The molecule has 0 aliphatic carbocycles. The first kappa shape index (κ1) is 16.1. The van der Waals surface area contributed by atoms with Crippen LogP contribution in [0.3, 0.4) is 0 Å². The van der Waals surface area contributed by atoms with Gasteiger partial charge in [-0.25, -0.2) is 0 Å². The van der Waals surface area contributed by atoms with Gasteiger partial charge in [0.05, 0.1) is 13.5 Å². The van der Waals surface area contributed by atoms with E-state index in [1.54, 1.807) is 0 Å². The Labute approximate surface area is 104 Å². The molecule has 0 radical (unpaired) electrons. The van der Waals surface area contributed by atoms with E-state index < -0.39 is 5.41 Å². The molecule has 0 saturated carbocycles. The van der Waals surface area contributed by atoms with Crippen LogP contribution in [-0.2, 0) is 14.3 Å². The van der Waals surface area contributed by atoms with Crippen LogP contribution in [0.2, 0.25) is 0 Å². The molecule has 0 unspecified atom stereocenters. The monoisotopic (exact) mass is 243 g/mol. The van der Waals surface area contributed by atoms with E-state index in [4.69, 9.17) is 5.73 Å². The maximum atomic E-state index is 12.2. The molecular weight excluding hydrogens is 218 g/mol. The van der Waals surface area contributed by atoms with Crippen molar-refractivity contribution in [1.82, 2.24) is 0 Å². The van der Waals surface area contributed by atoms with E-state index >= 15 is 0 Å². The molecule has 0 rings (SSSR count). The molecule has 0 amide bonds. The van der Waals surface area contributed by atoms with Gasteiger partial charge in [0.25, 0.3) is 0 Å². The first-order valence-corrected chi connectivity index (χ1v) is 6.14. The number of hydrogen-bond acceptors (Lipinski definition) is 4. The number of ether oxygens (including phenoxy) is 1. The van der Waals surface area contributed by atoms with Gasteiger partial charge in [-0.2, -0.15) is 0 Å². The topological polar surface area (TPSA) is 69.4 Å². The molecule has 0 aliphatic rings. The Bertz CT molecular complexity index is 256. The summed E-state index contributed by atoms with van der Waals surface area (Å²) in [7, 11) is 1.35. The average Bonchev–Trinajstić information content (AvgIpc) is 2.25. The highest BCUT2D eigenvalue weighted by atomic mass is 16.5. The van der Waals surface area contributed by atoms with Crippen LogP contribution < -0.4 is 5.73 Å². The van der Waals surface area contributed by atoms with Gasteiger partial charge in [0.2, 0.25) is 0 Å². The molecule has 1 atom stereocenters. The summed E-state index contributed by atoms with van der Waals surface area (Å²) >= 11 is 0. The lowest BCUT2D eigenvalue weighted by atomic mass is 9.79. The van der Waals surface area contributed by atoms with Crippen molar-refractivity contribution in [2.24, 2.45) is 17.1 Å². The standard InChI is InChI=1S/C13H25NO3/c1-13(2,3)12(16)10(7-5-6-8-14)9-11(15)17-4/h10H,5-9,14H2,1-4H3/t10-/m1/s1. The number of esters is 1. The summed E-state index contributed by atoms with van der Waals surface area (Å²) in [6, 6.07) is 0. The molecule has 0 spiro atoms. The number of carbonyl (C=O) groups is 2. The molecular formula is C13H25NO3. The number of ketones is 1. The van der Waals surface area contributed by atoms with Crippen molar-refractivity contribution in [3.63, 3.8) is 0 Å². The zero-order valence-corrected chi connectivity index (χ0v) is 11.4. The minimum Gasteiger partial charge on any atom is -0.469 e. The minimum absolute atomic E-state index is 0.125. The Morgan fingerprint density at radius 1 is 1.24 bits per heavy atom. The lowest BCUT2D eigenvalue weighted by Crippen LogP contribution is -2.30. The van der Waals surface area contributed by atoms with E-state index in [9.17, 15) is 9.59 Å². The smallest absolute Gasteiger partial charge is 0.306 e. The van der Waals surface area contributed by atoms with Crippen molar-refractivity contribution in [1.29, 1.82) is 0 Å². The molecule has 0 aromatic heterocycles. The fraction of sp³-hybridized carbons (Fsp3) is 0.846. The van der Waals surface area contributed by atoms with Gasteiger partial charge in [-0.15, -0.1) is 0 Å². The van der Waals surface area contributed by atoms with Crippen molar-refractivity contribution in [3.05, 3.63) is 0 Å². The zero-order chi connectivity index (χ0) is 13.5. The Hall–Kier alpha value is -0.900. The molecule has 2 N–H and O–H groups in total. The quantitative estimate of drug-likeness (QED) is 0.548. The highest BCUT2D eigenvalue weighted by Crippen LogP contribution is 2.26. The van der Waals surface area contributed by atoms with Gasteiger partial charge in [0.15, 0.2) is 0 Å². The second-order valence-electron chi connectivity index (χ2n) is 5.38. The number of rotatable bonds is 7. The average molecular weight is 243 g/mol. The van der Waals surface area contributed by atoms with E-state index in [0.717, 1.165) is 12.8 Å². The van der Waals surface area contributed by atoms with Gasteiger partial charge in [0.1, 0.15) is 5.78 Å². The summed E-state index contributed by atoms with van der Waals surface area (Å²) in [5, 5.41) is 0. The first-order chi connectivity index (χ1) is 7.82. The number of methoxy groups -OCH3 is 1. The van der Waals surface area contributed by atoms with E-state index in [-0.39, 0.29) is 24.1 Å². The van der Waals surface area contributed by atoms with Gasteiger partial charge in [0, 0.05) is 11.3 Å². The molecule has 0 aromatic carbocycles. The minimum atomic E-state index is -0.415. The third-order valence-corrected chi connectivity index (χ3v) is 2.76. The van der Waals surface area contributed by atoms with Gasteiger partial charge in [-0.1, -0.05) is 27.2 Å². The molecule has 4 heteroatoms. The number of Topliss-reactive ketones (excluding diaryl/α,β-unsaturated/α-hetero) is 1. The molecule has 4 nitrogen and oxygen atoms in total. The van der Waals surface area contributed by atoms with Crippen molar-refractivity contribution in [2.45, 2.75) is 46.5 Å². The largest absolute Gasteiger partial charge is 0.469 e. The molecule has 0 aromatic rings. The second kappa shape index (κ2) is 7.43. The summed E-state index contributed by atoms with van der Waals surface area (Å²) < 4.78 is 4.63. The summed E-state index contributed by atoms with van der Waals surface area (Å²) in [6.45, 7) is 6.25. The molecule has 0 heterocycles. The van der Waals surface area contributed by atoms with Gasteiger partial charge < -0.3 is 10.5 Å². The highest BCUT2D eigenvalue weighted by Gasteiger charge is 2.30. The van der Waals surface area contributed by atoms with Crippen LogP contribution in [0.5, 0.6) is 0 Å². The van der Waals surface area contributed by atoms with Gasteiger partial charge in [-0.3, -0.25) is 9.59 Å². The Balaban J connectivity index is 4.49. The van der Waals surface area contributed by atoms with Crippen LogP contribution >= 0.6 is 0 Å². The van der Waals surface area contributed by atoms with Crippen molar-refractivity contribution in [2.75, 3.05) is 13.7 Å². The number of nitrogens with two attached hydrogens (primary N) is 1. The molecule has 17 heavy (non-hydrogen) atoms. The van der Waals surface area contributed by atoms with Gasteiger partial charge >= 0.3 is 5.97 Å². The van der Waals surface area contributed by atoms with E-state index in [1.807, 2.05) is 20.8 Å². The molecule has 0 fully saturated rings. The summed E-state index contributed by atoms with van der Waals surface area (Å²) in [5.41, 5.74) is 5.01. The maximum absolute atomic E-state index is 12.2. The maximum Gasteiger partial charge on any atom is 0.306 e. The number of unbranched alkanes of at least 4 members (excludes halogenated alkanes) is 1. The van der Waals surface area contributed by atoms with Crippen LogP contribution in [0, 0.1) is 11.3 Å². The lowest BCUT2D eigenvalue weighted by Gasteiger charge is -2.23. The number of hydrogen-bond donors (Lipinski definition) is 1. The van der Waals surface area contributed by atoms with Crippen LogP contribution in [0.1, 0.15) is 46.5 Å². The SMILES string of the molecule is COC(=O)C[C@@H](CCCCN)C(=O)C(C)(C)C. The normalized spacial score (nSPS) is 13.2.